The number of carbonyl (C=O) groups excluding carboxylic acids is 1. The Hall–Kier alpha value is 0.920. The van der Waals surface area contributed by atoms with Crippen molar-refractivity contribution in [3.05, 3.63) is 0 Å². The third-order valence-electron chi connectivity index (χ3n) is 0.954. The lowest BCUT2D eigenvalue weighted by molar-refractivity contribution is -0.117. The van der Waals surface area contributed by atoms with Crippen molar-refractivity contribution in [2.24, 2.45) is 0 Å². The van der Waals surface area contributed by atoms with E-state index in [1.165, 1.54) is 0 Å². The van der Waals surface area contributed by atoms with Gasteiger partial charge in [0.25, 0.3) is 0 Å². The summed E-state index contributed by atoms with van der Waals surface area (Å²) in [5.41, 5.74) is 0. The van der Waals surface area contributed by atoms with E-state index in [0.717, 1.165) is 0 Å². The molecule has 0 aliphatic heterocycles. The highest BCUT2D eigenvalue weighted by atomic mass is 79.9. The molecule has 54 valence electrons. The molecule has 1 nitrogen and oxygen atoms in total. The van der Waals surface area contributed by atoms with E-state index in [-0.39, 0.29) is 11.7 Å². The Balaban J connectivity index is 3.97. The zero-order valence-corrected chi connectivity index (χ0v) is 8.88. The minimum atomic E-state index is -0.491. The molecular weight excluding hydrogens is 271 g/mol. The lowest BCUT2D eigenvalue weighted by Gasteiger charge is -2.14. The third kappa shape index (κ3) is 3.01. The number of ketones is 1. The number of hydrogen-bond acceptors (Lipinski definition) is 1. The predicted molar refractivity (Wildman–Crippen MR) is 46.9 cm³/mol. The molecule has 0 bridgehead atoms. The first-order chi connectivity index (χ1) is 4.04. The molecule has 0 N–H and O–H groups in total. The average Bonchev–Trinajstić information content (AvgIpc) is 1.86. The second-order valence-corrected chi connectivity index (χ2v) is 4.47. The van der Waals surface area contributed by atoms with Gasteiger partial charge in [-0.2, -0.15) is 0 Å². The molecule has 0 spiro atoms. The number of halogens is 3. The molecule has 0 aliphatic rings. The fourth-order valence-electron chi connectivity index (χ4n) is 0.214. The monoisotopic (exact) mass is 276 g/mol. The highest BCUT2D eigenvalue weighted by Gasteiger charge is 2.26. The van der Waals surface area contributed by atoms with Crippen molar-refractivity contribution in [1.29, 1.82) is 0 Å². The number of carbonyl (C=O) groups is 1. The Labute approximate surface area is 76.4 Å². The Kier molecular flexibility index (Phi) is 4.34. The molecule has 0 fully saturated rings. The van der Waals surface area contributed by atoms with Crippen molar-refractivity contribution in [2.75, 3.05) is 11.2 Å². The fourth-order valence-corrected chi connectivity index (χ4v) is 1.12. The van der Waals surface area contributed by atoms with E-state index in [9.17, 15) is 4.79 Å². The van der Waals surface area contributed by atoms with E-state index < -0.39 is 4.32 Å². The van der Waals surface area contributed by atoms with E-state index >= 15 is 0 Å². The van der Waals surface area contributed by atoms with Crippen LogP contribution in [0, 0.1) is 0 Å². The summed E-state index contributed by atoms with van der Waals surface area (Å²) < 4.78 is -0.491. The number of hydrogen-bond donors (Lipinski definition) is 0. The first-order valence-corrected chi connectivity index (χ1v) is 4.83. The van der Waals surface area contributed by atoms with Crippen LogP contribution in [0.15, 0.2) is 0 Å². The third-order valence-corrected chi connectivity index (χ3v) is 3.79. The lowest BCUT2D eigenvalue weighted by atomic mass is 10.1. The topological polar surface area (TPSA) is 17.1 Å². The summed E-state index contributed by atoms with van der Waals surface area (Å²) in [6, 6.07) is 0. The summed E-state index contributed by atoms with van der Waals surface area (Å²) in [6.07, 6.45) is 0. The standard InChI is InChI=1S/C5H7Br2ClO/c1-5(7,3-6)4(9)2-8/h2-3H2,1H3. The van der Waals surface area contributed by atoms with Crippen LogP contribution in [0.4, 0.5) is 0 Å². The van der Waals surface area contributed by atoms with Crippen LogP contribution in [0.25, 0.3) is 0 Å². The van der Waals surface area contributed by atoms with Gasteiger partial charge in [-0.25, -0.2) is 0 Å². The molecule has 0 aromatic heterocycles. The second kappa shape index (κ2) is 3.94. The Morgan fingerprint density at radius 3 is 2.33 bits per heavy atom. The van der Waals surface area contributed by atoms with Crippen molar-refractivity contribution in [2.45, 2.75) is 11.2 Å². The predicted octanol–water partition coefficient (Wildman–Crippen LogP) is 2.34. The molecule has 1 atom stereocenters. The molecule has 1 unspecified atom stereocenters. The van der Waals surface area contributed by atoms with Gasteiger partial charge in [0.1, 0.15) is 0 Å². The molecule has 0 saturated carbocycles. The van der Waals surface area contributed by atoms with Gasteiger partial charge >= 0.3 is 0 Å². The summed E-state index contributed by atoms with van der Waals surface area (Å²) in [5, 5.41) is 0.589. The summed E-state index contributed by atoms with van der Waals surface area (Å²) in [7, 11) is 0. The minimum absolute atomic E-state index is 0.000965. The Morgan fingerprint density at radius 1 is 1.78 bits per heavy atom. The van der Waals surface area contributed by atoms with Gasteiger partial charge in [0.2, 0.25) is 0 Å². The van der Waals surface area contributed by atoms with Crippen LogP contribution in [0.1, 0.15) is 6.92 Å². The highest BCUT2D eigenvalue weighted by Crippen LogP contribution is 2.21. The highest BCUT2D eigenvalue weighted by molar-refractivity contribution is 9.12. The maximum absolute atomic E-state index is 10.9. The van der Waals surface area contributed by atoms with Gasteiger partial charge < -0.3 is 0 Å². The molecule has 0 aromatic rings. The van der Waals surface area contributed by atoms with Gasteiger partial charge in [0, 0.05) is 5.33 Å². The van der Waals surface area contributed by atoms with Gasteiger partial charge in [0.05, 0.1) is 10.2 Å². The average molecular weight is 278 g/mol. The molecule has 0 aliphatic carbocycles. The molecule has 4 heteroatoms. The summed E-state index contributed by atoms with van der Waals surface area (Å²) in [4.78, 5) is 10.9. The Bertz CT molecular complexity index is 114. The largest absolute Gasteiger partial charge is 0.297 e. The zero-order chi connectivity index (χ0) is 7.49. The van der Waals surface area contributed by atoms with Crippen molar-refractivity contribution in [3.8, 4) is 0 Å². The quantitative estimate of drug-likeness (QED) is 0.724. The van der Waals surface area contributed by atoms with Crippen LogP contribution in [-0.2, 0) is 4.79 Å². The number of Topliss-reactive ketones (excluding diaryl/α,β-unsaturated/α-hetero) is 1. The van der Waals surface area contributed by atoms with Gasteiger partial charge in [-0.15, -0.1) is 11.6 Å². The van der Waals surface area contributed by atoms with E-state index in [1.807, 2.05) is 0 Å². The number of alkyl halides is 3. The van der Waals surface area contributed by atoms with Crippen molar-refractivity contribution < 1.29 is 4.79 Å². The molecule has 9 heavy (non-hydrogen) atoms. The van der Waals surface area contributed by atoms with Gasteiger partial charge in [0.15, 0.2) is 5.78 Å². The van der Waals surface area contributed by atoms with Crippen molar-refractivity contribution >= 4 is 49.2 Å². The minimum Gasteiger partial charge on any atom is -0.297 e. The fraction of sp³-hybridized carbons (Fsp3) is 0.800. The van der Waals surface area contributed by atoms with Crippen molar-refractivity contribution in [1.82, 2.24) is 0 Å². The van der Waals surface area contributed by atoms with Crippen molar-refractivity contribution in [3.63, 3.8) is 0 Å². The second-order valence-electron chi connectivity index (χ2n) is 1.89. The first-order valence-electron chi connectivity index (χ1n) is 2.38. The van der Waals surface area contributed by atoms with Gasteiger partial charge in [-0.05, 0) is 6.92 Å². The Morgan fingerprint density at radius 2 is 2.22 bits per heavy atom. The molecular formula is C5H7Br2ClO. The van der Waals surface area contributed by atoms with E-state index in [4.69, 9.17) is 11.6 Å². The van der Waals surface area contributed by atoms with E-state index in [2.05, 4.69) is 31.9 Å². The van der Waals surface area contributed by atoms with Gasteiger partial charge in [-0.1, -0.05) is 31.9 Å². The molecule has 0 aromatic carbocycles. The molecule has 0 heterocycles. The van der Waals surface area contributed by atoms with E-state index in [1.54, 1.807) is 6.92 Å². The SMILES string of the molecule is CC(Br)(CBr)C(=O)CCl. The first kappa shape index (κ1) is 9.92. The van der Waals surface area contributed by atoms with Crippen LogP contribution in [0.5, 0.6) is 0 Å². The van der Waals surface area contributed by atoms with Crippen LogP contribution >= 0.6 is 43.5 Å². The summed E-state index contributed by atoms with van der Waals surface area (Å²) in [6.45, 7) is 1.78. The summed E-state index contributed by atoms with van der Waals surface area (Å²) >= 11 is 11.7. The van der Waals surface area contributed by atoms with Crippen LogP contribution in [0.3, 0.4) is 0 Å². The number of rotatable bonds is 3. The van der Waals surface area contributed by atoms with Crippen LogP contribution in [0.2, 0.25) is 0 Å². The van der Waals surface area contributed by atoms with E-state index in [0.29, 0.717) is 5.33 Å². The van der Waals surface area contributed by atoms with Crippen LogP contribution in [-0.4, -0.2) is 21.3 Å². The zero-order valence-electron chi connectivity index (χ0n) is 4.96. The van der Waals surface area contributed by atoms with Crippen LogP contribution < -0.4 is 0 Å². The summed E-state index contributed by atoms with van der Waals surface area (Å²) in [5.74, 6) is 0.0638. The molecule has 0 saturated heterocycles. The maximum atomic E-state index is 10.9. The molecule has 0 amide bonds. The lowest BCUT2D eigenvalue weighted by Crippen LogP contribution is -2.30. The smallest absolute Gasteiger partial charge is 0.164 e. The molecule has 0 rings (SSSR count). The van der Waals surface area contributed by atoms with Gasteiger partial charge in [-0.3, -0.25) is 4.79 Å². The normalized spacial score (nSPS) is 16.9. The molecule has 0 radical (unpaired) electrons. The maximum Gasteiger partial charge on any atom is 0.164 e.